The van der Waals surface area contributed by atoms with Gasteiger partial charge in [-0.15, -0.1) is 0 Å². The molecule has 2 aromatic carbocycles. The van der Waals surface area contributed by atoms with Gasteiger partial charge in [0.15, 0.2) is 5.78 Å². The molecule has 1 fully saturated rings. The van der Waals surface area contributed by atoms with Crippen LogP contribution in [0.4, 0.5) is 0 Å². The van der Waals surface area contributed by atoms with E-state index in [4.69, 9.17) is 9.05 Å². The van der Waals surface area contributed by atoms with Crippen LogP contribution in [0, 0.1) is 5.92 Å². The number of ketones is 1. The molecule has 2 aromatic rings. The van der Waals surface area contributed by atoms with Crippen molar-refractivity contribution in [1.82, 2.24) is 0 Å². The van der Waals surface area contributed by atoms with Crippen molar-refractivity contribution in [1.29, 1.82) is 0 Å². The Hall–Kier alpha value is -1.86. The normalized spacial score (nSPS) is 25.1. The lowest BCUT2D eigenvalue weighted by atomic mass is 9.86. The van der Waals surface area contributed by atoms with Crippen molar-refractivity contribution in [2.75, 3.05) is 0 Å². The summed E-state index contributed by atoms with van der Waals surface area (Å²) in [6, 6.07) is 15.6. The van der Waals surface area contributed by atoms with Crippen molar-refractivity contribution in [3.8, 4) is 11.5 Å². The Kier molecular flexibility index (Phi) is 3.65. The van der Waals surface area contributed by atoms with Gasteiger partial charge in [-0.1, -0.05) is 51.1 Å². The third-order valence-electron chi connectivity index (χ3n) is 4.59. The molecule has 4 rings (SSSR count). The third kappa shape index (κ3) is 2.71. The van der Waals surface area contributed by atoms with Crippen molar-refractivity contribution in [3.05, 3.63) is 59.7 Å². The predicted octanol–water partition coefficient (Wildman–Crippen LogP) is 5.34. The first-order valence-corrected chi connectivity index (χ1v) is 9.58. The maximum absolute atomic E-state index is 12.6. The Bertz CT molecular complexity index is 793. The topological polar surface area (TPSA) is 35.5 Å². The van der Waals surface area contributed by atoms with E-state index < -0.39 is 8.38 Å². The van der Waals surface area contributed by atoms with Gasteiger partial charge in [-0.25, -0.2) is 0 Å². The summed E-state index contributed by atoms with van der Waals surface area (Å²) in [5.41, 5.74) is 2.06. The highest BCUT2D eigenvalue weighted by Gasteiger charge is 2.54. The highest BCUT2D eigenvalue weighted by molar-refractivity contribution is 7.49. The van der Waals surface area contributed by atoms with Crippen LogP contribution >= 0.6 is 8.38 Å². The SMILES string of the molecule is CC(C)(C)c1ccccc1OP1Oc2ccccc2C(=O)C2CC21. The number of hydrogen-bond acceptors (Lipinski definition) is 3. The van der Waals surface area contributed by atoms with Crippen LogP contribution in [-0.2, 0) is 5.41 Å². The van der Waals surface area contributed by atoms with Crippen molar-refractivity contribution in [3.63, 3.8) is 0 Å². The first kappa shape index (κ1) is 15.7. The number of rotatable bonds is 2. The van der Waals surface area contributed by atoms with Gasteiger partial charge in [-0.05, 0) is 35.6 Å². The molecule has 0 spiro atoms. The minimum absolute atomic E-state index is 0.00550. The minimum Gasteiger partial charge on any atom is -0.438 e. The molecule has 1 aliphatic carbocycles. The molecule has 0 saturated heterocycles. The van der Waals surface area contributed by atoms with E-state index in [2.05, 4.69) is 26.8 Å². The van der Waals surface area contributed by atoms with E-state index in [0.29, 0.717) is 11.3 Å². The van der Waals surface area contributed by atoms with E-state index in [0.717, 1.165) is 17.7 Å². The monoisotopic (exact) mass is 340 g/mol. The Balaban J connectivity index is 1.66. The fraction of sp³-hybridized carbons (Fsp3) is 0.350. The second kappa shape index (κ2) is 5.60. The van der Waals surface area contributed by atoms with E-state index in [1.807, 2.05) is 42.5 Å². The quantitative estimate of drug-likeness (QED) is 0.692. The average molecular weight is 340 g/mol. The largest absolute Gasteiger partial charge is 0.438 e. The van der Waals surface area contributed by atoms with Crippen LogP contribution in [0.25, 0.3) is 0 Å². The van der Waals surface area contributed by atoms with Crippen molar-refractivity contribution < 1.29 is 13.8 Å². The zero-order valence-corrected chi connectivity index (χ0v) is 15.0. The molecule has 1 saturated carbocycles. The Morgan fingerprint density at radius 3 is 2.58 bits per heavy atom. The number of hydrogen-bond donors (Lipinski definition) is 0. The molecule has 0 amide bonds. The van der Waals surface area contributed by atoms with Crippen molar-refractivity contribution in [2.24, 2.45) is 5.92 Å². The molecule has 2 aliphatic rings. The van der Waals surface area contributed by atoms with Gasteiger partial charge in [0.2, 0.25) is 0 Å². The fourth-order valence-electron chi connectivity index (χ4n) is 3.16. The smallest absolute Gasteiger partial charge is 0.294 e. The number of carbonyl (C=O) groups excluding carboxylic acids is 1. The molecule has 0 radical (unpaired) electrons. The number of para-hydroxylation sites is 2. The maximum atomic E-state index is 12.6. The predicted molar refractivity (Wildman–Crippen MR) is 96.0 cm³/mol. The summed E-state index contributed by atoms with van der Waals surface area (Å²) in [7, 11) is -1.16. The molecule has 3 atom stereocenters. The molecule has 3 unspecified atom stereocenters. The van der Waals surface area contributed by atoms with E-state index in [9.17, 15) is 4.79 Å². The van der Waals surface area contributed by atoms with Crippen molar-refractivity contribution >= 4 is 14.2 Å². The van der Waals surface area contributed by atoms with Gasteiger partial charge in [-0.2, -0.15) is 0 Å². The lowest BCUT2D eigenvalue weighted by molar-refractivity contribution is 0.0968. The average Bonchev–Trinajstić information content (AvgIpc) is 3.34. The maximum Gasteiger partial charge on any atom is 0.294 e. The number of Topliss-reactive ketones (excluding diaryl/α,β-unsaturated/α-hetero) is 1. The van der Waals surface area contributed by atoms with Gasteiger partial charge in [0.05, 0.1) is 11.2 Å². The van der Waals surface area contributed by atoms with Crippen LogP contribution in [0.3, 0.4) is 0 Å². The van der Waals surface area contributed by atoms with Crippen LogP contribution in [0.2, 0.25) is 0 Å². The lowest BCUT2D eigenvalue weighted by Crippen LogP contribution is -2.13. The summed E-state index contributed by atoms with van der Waals surface area (Å²) in [5.74, 6) is 1.79. The fourth-order valence-corrected chi connectivity index (χ4v) is 5.00. The van der Waals surface area contributed by atoms with Crippen LogP contribution < -0.4 is 9.05 Å². The van der Waals surface area contributed by atoms with Crippen molar-refractivity contribution in [2.45, 2.75) is 38.3 Å². The summed E-state index contributed by atoms with van der Waals surface area (Å²) in [6.07, 6.45) is 0.872. The molecule has 0 bridgehead atoms. The van der Waals surface area contributed by atoms with Gasteiger partial charge in [-0.3, -0.25) is 4.79 Å². The van der Waals surface area contributed by atoms with E-state index >= 15 is 0 Å². The number of carbonyl (C=O) groups is 1. The second-order valence-corrected chi connectivity index (χ2v) is 9.08. The first-order valence-electron chi connectivity index (χ1n) is 8.33. The molecular formula is C20H21O3P. The molecule has 24 heavy (non-hydrogen) atoms. The summed E-state index contributed by atoms with van der Waals surface area (Å²) in [5, 5.41) is 0. The minimum atomic E-state index is -1.16. The molecule has 3 nitrogen and oxygen atoms in total. The van der Waals surface area contributed by atoms with Gasteiger partial charge in [0.1, 0.15) is 11.5 Å². The molecule has 4 heteroatoms. The number of benzene rings is 2. The Morgan fingerprint density at radius 2 is 1.79 bits per heavy atom. The zero-order chi connectivity index (χ0) is 16.9. The Morgan fingerprint density at radius 1 is 1.08 bits per heavy atom. The summed E-state index contributed by atoms with van der Waals surface area (Å²) in [4.78, 5) is 12.6. The summed E-state index contributed by atoms with van der Waals surface area (Å²) >= 11 is 0. The third-order valence-corrected chi connectivity index (χ3v) is 6.45. The van der Waals surface area contributed by atoms with Gasteiger partial charge in [0.25, 0.3) is 8.38 Å². The summed E-state index contributed by atoms with van der Waals surface area (Å²) < 4.78 is 12.5. The van der Waals surface area contributed by atoms with E-state index in [1.54, 1.807) is 0 Å². The number of fused-ring (bicyclic) bond motifs is 2. The molecule has 124 valence electrons. The molecule has 0 N–H and O–H groups in total. The van der Waals surface area contributed by atoms with Crippen LogP contribution in [0.1, 0.15) is 43.1 Å². The van der Waals surface area contributed by atoms with Gasteiger partial charge in [0, 0.05) is 5.92 Å². The first-order chi connectivity index (χ1) is 11.4. The highest BCUT2D eigenvalue weighted by atomic mass is 31.2. The molecular weight excluding hydrogens is 319 g/mol. The van der Waals surface area contributed by atoms with E-state index in [1.165, 1.54) is 0 Å². The Labute approximate surface area is 143 Å². The van der Waals surface area contributed by atoms with Gasteiger partial charge >= 0.3 is 0 Å². The highest BCUT2D eigenvalue weighted by Crippen LogP contribution is 2.62. The van der Waals surface area contributed by atoms with Crippen LogP contribution in [0.15, 0.2) is 48.5 Å². The molecule has 1 heterocycles. The van der Waals surface area contributed by atoms with Crippen LogP contribution in [0.5, 0.6) is 11.5 Å². The van der Waals surface area contributed by atoms with Gasteiger partial charge < -0.3 is 9.05 Å². The zero-order valence-electron chi connectivity index (χ0n) is 14.2. The standard InChI is InChI=1S/C20H21O3P/c1-20(2,3)15-9-5-7-11-17(15)23-24-18-12-14(18)19(21)13-8-4-6-10-16(13)22-24/h4-11,14,18H,12H2,1-3H3. The van der Waals surface area contributed by atoms with E-state index in [-0.39, 0.29) is 22.8 Å². The second-order valence-electron chi connectivity index (χ2n) is 7.48. The van der Waals surface area contributed by atoms with Crippen LogP contribution in [-0.4, -0.2) is 11.4 Å². The molecule has 0 aromatic heterocycles. The lowest BCUT2D eigenvalue weighted by Gasteiger charge is -2.25. The summed E-state index contributed by atoms with van der Waals surface area (Å²) in [6.45, 7) is 6.53. The molecule has 1 aliphatic heterocycles.